The molecule has 1 unspecified atom stereocenters. The van der Waals surface area contributed by atoms with Crippen molar-refractivity contribution in [2.45, 2.75) is 26.3 Å². The van der Waals surface area contributed by atoms with Crippen LogP contribution in [0.5, 0.6) is 0 Å². The van der Waals surface area contributed by atoms with E-state index in [1.54, 1.807) is 18.4 Å². The van der Waals surface area contributed by atoms with Crippen molar-refractivity contribution in [2.24, 2.45) is 4.99 Å². The average molecular weight is 486 g/mol. The zero-order valence-electron chi connectivity index (χ0n) is 15.4. The molecular weight excluding hydrogens is 459 g/mol. The molecule has 1 aromatic heterocycles. The molecule has 0 saturated carbocycles. The summed E-state index contributed by atoms with van der Waals surface area (Å²) in [6.45, 7) is 5.66. The number of hydrogen-bond acceptors (Lipinski definition) is 3. The first-order valence-corrected chi connectivity index (χ1v) is 9.41. The number of carbonyl (C=O) groups excluding carboxylic acids is 1. The molecule has 0 fully saturated rings. The fraction of sp³-hybridized carbons (Fsp3) is 0.368. The van der Waals surface area contributed by atoms with Crippen molar-refractivity contribution < 1.29 is 4.79 Å². The molecule has 0 radical (unpaired) electrons. The third-order valence-corrected chi connectivity index (χ3v) is 4.81. The third-order valence-electron chi connectivity index (χ3n) is 3.75. The summed E-state index contributed by atoms with van der Waals surface area (Å²) in [7, 11) is 1.64. The van der Waals surface area contributed by atoms with Gasteiger partial charge in [-0.05, 0) is 49.4 Å². The summed E-state index contributed by atoms with van der Waals surface area (Å²) in [6.07, 6.45) is 0.786. The summed E-state index contributed by atoms with van der Waals surface area (Å²) in [4.78, 5) is 17.6. The number of aliphatic imine (C=N–C) groups is 1. The van der Waals surface area contributed by atoms with Gasteiger partial charge in [-0.25, -0.2) is 0 Å². The Morgan fingerprint density at radius 2 is 2.08 bits per heavy atom. The Balaban J connectivity index is 0.00000338. The van der Waals surface area contributed by atoms with Gasteiger partial charge in [-0.2, -0.15) is 0 Å². The minimum absolute atomic E-state index is 0. The number of nitrogens with zero attached hydrogens (tertiary/aromatic N) is 1. The molecule has 2 aromatic rings. The fourth-order valence-corrected chi connectivity index (χ4v) is 3.18. The van der Waals surface area contributed by atoms with Crippen molar-refractivity contribution in [3.05, 3.63) is 57.8 Å². The van der Waals surface area contributed by atoms with Gasteiger partial charge in [0.1, 0.15) is 0 Å². The highest BCUT2D eigenvalue weighted by atomic mass is 127. The number of carbonyl (C=O) groups is 1. The lowest BCUT2D eigenvalue weighted by Crippen LogP contribution is -2.38. The monoisotopic (exact) mass is 486 g/mol. The van der Waals surface area contributed by atoms with Gasteiger partial charge in [0, 0.05) is 30.6 Å². The van der Waals surface area contributed by atoms with Crippen LogP contribution in [0.15, 0.2) is 46.8 Å². The number of thiophene rings is 1. The summed E-state index contributed by atoms with van der Waals surface area (Å²) < 4.78 is 0. The maximum absolute atomic E-state index is 11.7. The van der Waals surface area contributed by atoms with E-state index in [4.69, 9.17) is 0 Å². The number of hydrogen-bond donors (Lipinski definition) is 3. The van der Waals surface area contributed by atoms with Crippen molar-refractivity contribution in [2.75, 3.05) is 20.1 Å². The minimum atomic E-state index is -0.0647. The molecule has 0 saturated heterocycles. The van der Waals surface area contributed by atoms with E-state index < -0.39 is 0 Å². The second kappa shape index (κ2) is 11.9. The van der Waals surface area contributed by atoms with E-state index in [1.165, 1.54) is 4.88 Å². The summed E-state index contributed by atoms with van der Waals surface area (Å²) in [5, 5.41) is 11.4. The van der Waals surface area contributed by atoms with Crippen molar-refractivity contribution >= 4 is 47.2 Å². The molecule has 5 nitrogen and oxygen atoms in total. The van der Waals surface area contributed by atoms with Crippen LogP contribution in [0.1, 0.15) is 40.7 Å². The van der Waals surface area contributed by atoms with Crippen LogP contribution in [0.3, 0.4) is 0 Å². The van der Waals surface area contributed by atoms with E-state index in [9.17, 15) is 4.79 Å². The Labute approximate surface area is 176 Å². The van der Waals surface area contributed by atoms with Gasteiger partial charge in [0.2, 0.25) is 0 Å². The van der Waals surface area contributed by atoms with Crippen LogP contribution in [0.4, 0.5) is 0 Å². The molecule has 0 aliphatic carbocycles. The zero-order valence-corrected chi connectivity index (χ0v) is 18.6. The predicted octanol–water partition coefficient (Wildman–Crippen LogP) is 3.58. The molecule has 3 N–H and O–H groups in total. The molecule has 1 atom stereocenters. The summed E-state index contributed by atoms with van der Waals surface area (Å²) in [5.74, 6) is 0.746. The Morgan fingerprint density at radius 1 is 1.27 bits per heavy atom. The largest absolute Gasteiger partial charge is 0.357 e. The summed E-state index contributed by atoms with van der Waals surface area (Å²) in [5.41, 5.74) is 1.78. The van der Waals surface area contributed by atoms with Gasteiger partial charge in [-0.15, -0.1) is 35.3 Å². The van der Waals surface area contributed by atoms with Crippen LogP contribution in [0.2, 0.25) is 0 Å². The highest BCUT2D eigenvalue weighted by Gasteiger charge is 2.08. The van der Waals surface area contributed by atoms with Gasteiger partial charge >= 0.3 is 0 Å². The normalized spacial score (nSPS) is 12.0. The quantitative estimate of drug-likeness (QED) is 0.319. The van der Waals surface area contributed by atoms with Crippen LogP contribution >= 0.6 is 35.3 Å². The Bertz CT molecular complexity index is 703. The lowest BCUT2D eigenvalue weighted by molar-refractivity contribution is 0.0963. The SMILES string of the molecule is CCNC(=NCCc1cccc(C(=O)NC)c1)NC(C)c1cccs1.I. The van der Waals surface area contributed by atoms with Crippen LogP contribution in [-0.2, 0) is 6.42 Å². The van der Waals surface area contributed by atoms with Crippen LogP contribution < -0.4 is 16.0 Å². The number of rotatable bonds is 7. The lowest BCUT2D eigenvalue weighted by atomic mass is 10.1. The smallest absolute Gasteiger partial charge is 0.251 e. The van der Waals surface area contributed by atoms with Crippen molar-refractivity contribution in [1.82, 2.24) is 16.0 Å². The first kappa shape index (κ1) is 22.4. The number of nitrogens with one attached hydrogen (secondary N) is 3. The summed E-state index contributed by atoms with van der Waals surface area (Å²) >= 11 is 1.74. The van der Waals surface area contributed by atoms with E-state index in [0.29, 0.717) is 12.1 Å². The van der Waals surface area contributed by atoms with E-state index >= 15 is 0 Å². The predicted molar refractivity (Wildman–Crippen MR) is 121 cm³/mol. The average Bonchev–Trinajstić information content (AvgIpc) is 3.16. The Hall–Kier alpha value is -1.61. The minimum Gasteiger partial charge on any atom is -0.357 e. The third kappa shape index (κ3) is 6.95. The molecule has 26 heavy (non-hydrogen) atoms. The Morgan fingerprint density at radius 3 is 2.73 bits per heavy atom. The number of guanidine groups is 1. The molecule has 1 aromatic carbocycles. The topological polar surface area (TPSA) is 65.5 Å². The molecule has 0 aliphatic rings. The second-order valence-corrected chi connectivity index (χ2v) is 6.65. The summed E-state index contributed by atoms with van der Waals surface area (Å²) in [6, 6.07) is 12.1. The van der Waals surface area contributed by atoms with E-state index in [-0.39, 0.29) is 35.9 Å². The van der Waals surface area contributed by atoms with Crippen molar-refractivity contribution in [1.29, 1.82) is 0 Å². The second-order valence-electron chi connectivity index (χ2n) is 5.67. The maximum atomic E-state index is 11.7. The number of benzene rings is 1. The fourth-order valence-electron chi connectivity index (χ4n) is 2.44. The highest BCUT2D eigenvalue weighted by molar-refractivity contribution is 14.0. The van der Waals surface area contributed by atoms with Gasteiger partial charge < -0.3 is 16.0 Å². The highest BCUT2D eigenvalue weighted by Crippen LogP contribution is 2.17. The molecule has 1 amide bonds. The van der Waals surface area contributed by atoms with Crippen molar-refractivity contribution in [3.63, 3.8) is 0 Å². The number of halogens is 1. The molecule has 0 spiro atoms. The van der Waals surface area contributed by atoms with Crippen LogP contribution in [0, 0.1) is 0 Å². The maximum Gasteiger partial charge on any atom is 0.251 e. The molecule has 0 aliphatic heterocycles. The van der Waals surface area contributed by atoms with E-state index in [1.807, 2.05) is 24.3 Å². The van der Waals surface area contributed by atoms with Crippen LogP contribution in [-0.4, -0.2) is 32.0 Å². The van der Waals surface area contributed by atoms with Gasteiger partial charge in [0.25, 0.3) is 5.91 Å². The van der Waals surface area contributed by atoms with Gasteiger partial charge in [0.05, 0.1) is 6.04 Å². The molecule has 2 rings (SSSR count). The lowest BCUT2D eigenvalue weighted by Gasteiger charge is -2.16. The van der Waals surface area contributed by atoms with E-state index in [0.717, 1.165) is 24.5 Å². The number of amides is 1. The Kier molecular flexibility index (Phi) is 10.3. The standard InChI is InChI=1S/C19H26N4OS.HI/c1-4-21-19(23-14(2)17-9-6-12-25-17)22-11-10-15-7-5-8-16(13-15)18(24)20-3;/h5-9,12-14H,4,10-11H2,1-3H3,(H,20,24)(H2,21,22,23);1H. The van der Waals surface area contributed by atoms with Crippen LogP contribution in [0.25, 0.3) is 0 Å². The van der Waals surface area contributed by atoms with Crippen molar-refractivity contribution in [3.8, 4) is 0 Å². The first-order valence-electron chi connectivity index (χ1n) is 8.53. The zero-order chi connectivity index (χ0) is 18.1. The van der Waals surface area contributed by atoms with Gasteiger partial charge in [-0.1, -0.05) is 18.2 Å². The molecular formula is C19H27IN4OS. The molecule has 7 heteroatoms. The molecule has 0 bridgehead atoms. The molecule has 1 heterocycles. The van der Waals surface area contributed by atoms with E-state index in [2.05, 4.69) is 52.3 Å². The first-order chi connectivity index (χ1) is 12.1. The van der Waals surface area contributed by atoms with Gasteiger partial charge in [-0.3, -0.25) is 9.79 Å². The van der Waals surface area contributed by atoms with Gasteiger partial charge in [0.15, 0.2) is 5.96 Å². The molecule has 142 valence electrons.